The van der Waals surface area contributed by atoms with Crippen molar-refractivity contribution in [1.82, 2.24) is 25.0 Å². The van der Waals surface area contributed by atoms with Gasteiger partial charge < -0.3 is 20.3 Å². The second-order valence-corrected chi connectivity index (χ2v) is 5.22. The predicted molar refractivity (Wildman–Crippen MR) is 87.7 cm³/mol. The van der Waals surface area contributed by atoms with E-state index in [0.29, 0.717) is 19.6 Å². The molecular weight excluding hydrogens is 336 g/mol. The van der Waals surface area contributed by atoms with Crippen LogP contribution in [0.5, 0.6) is 0 Å². The Bertz CT molecular complexity index is 708. The number of carbonyl (C=O) groups is 1. The Balaban J connectivity index is 0.00000208. The van der Waals surface area contributed by atoms with Crippen LogP contribution in [0.25, 0.3) is 0 Å². The standard InChI is InChI=1S/C14H16N6O3.ClH/c21-14(10-18-6-3-13(17-18)20(22)23)19-7-5-16-9-12(19)11-2-1-4-15-8-11;/h1-4,6,8,12,16H,5,7,9-10H2;1H. The molecule has 0 bridgehead atoms. The average molecular weight is 353 g/mol. The minimum Gasteiger partial charge on any atom is -0.358 e. The van der Waals surface area contributed by atoms with Crippen molar-refractivity contribution < 1.29 is 9.72 Å². The highest BCUT2D eigenvalue weighted by Gasteiger charge is 2.28. The van der Waals surface area contributed by atoms with Crippen LogP contribution in [0.15, 0.2) is 36.8 Å². The van der Waals surface area contributed by atoms with Gasteiger partial charge in [-0.1, -0.05) is 6.07 Å². The number of piperazine rings is 1. The number of carbonyl (C=O) groups excluding carboxylic acids is 1. The third kappa shape index (κ3) is 3.87. The van der Waals surface area contributed by atoms with Crippen LogP contribution in [0.2, 0.25) is 0 Å². The molecule has 1 saturated heterocycles. The number of amides is 1. The first-order valence-corrected chi connectivity index (χ1v) is 7.23. The van der Waals surface area contributed by atoms with E-state index in [1.54, 1.807) is 17.3 Å². The summed E-state index contributed by atoms with van der Waals surface area (Å²) in [6.45, 7) is 1.91. The van der Waals surface area contributed by atoms with Crippen molar-refractivity contribution >= 4 is 24.1 Å². The first-order valence-electron chi connectivity index (χ1n) is 7.23. The third-order valence-corrected chi connectivity index (χ3v) is 3.74. The molecule has 2 aromatic heterocycles. The largest absolute Gasteiger partial charge is 0.389 e. The summed E-state index contributed by atoms with van der Waals surface area (Å²) in [6.07, 6.45) is 4.88. The quantitative estimate of drug-likeness (QED) is 0.643. The molecule has 0 aromatic carbocycles. The molecule has 128 valence electrons. The molecule has 3 rings (SSSR count). The van der Waals surface area contributed by atoms with Crippen molar-refractivity contribution in [2.75, 3.05) is 19.6 Å². The van der Waals surface area contributed by atoms with Gasteiger partial charge in [-0.05, 0) is 16.6 Å². The van der Waals surface area contributed by atoms with Gasteiger partial charge >= 0.3 is 5.82 Å². The SMILES string of the molecule is Cl.O=C(Cn1ccc([N+](=O)[O-])n1)N1CCNCC1c1cccnc1. The van der Waals surface area contributed by atoms with E-state index < -0.39 is 4.92 Å². The summed E-state index contributed by atoms with van der Waals surface area (Å²) in [6, 6.07) is 4.95. The van der Waals surface area contributed by atoms with Gasteiger partial charge in [0, 0.05) is 32.0 Å². The van der Waals surface area contributed by atoms with Crippen LogP contribution in [0.3, 0.4) is 0 Å². The zero-order valence-electron chi connectivity index (χ0n) is 12.7. The van der Waals surface area contributed by atoms with Gasteiger partial charge in [-0.15, -0.1) is 12.4 Å². The summed E-state index contributed by atoms with van der Waals surface area (Å²) in [4.78, 5) is 28.5. The summed E-state index contributed by atoms with van der Waals surface area (Å²) >= 11 is 0. The number of rotatable bonds is 4. The number of nitrogens with one attached hydrogen (secondary N) is 1. The molecule has 3 heterocycles. The van der Waals surface area contributed by atoms with E-state index in [0.717, 1.165) is 5.56 Å². The number of halogens is 1. The van der Waals surface area contributed by atoms with Gasteiger partial charge in [0.1, 0.15) is 6.54 Å². The van der Waals surface area contributed by atoms with Crippen LogP contribution in [0.4, 0.5) is 5.82 Å². The lowest BCUT2D eigenvalue weighted by Gasteiger charge is -2.36. The average Bonchev–Trinajstić information content (AvgIpc) is 3.04. The Morgan fingerprint density at radius 3 is 2.96 bits per heavy atom. The molecule has 1 amide bonds. The van der Waals surface area contributed by atoms with Crippen molar-refractivity contribution in [3.05, 3.63) is 52.5 Å². The number of aromatic nitrogens is 3. The van der Waals surface area contributed by atoms with Crippen LogP contribution >= 0.6 is 12.4 Å². The summed E-state index contributed by atoms with van der Waals surface area (Å²) in [5, 5.41) is 17.7. The van der Waals surface area contributed by atoms with Crippen molar-refractivity contribution in [1.29, 1.82) is 0 Å². The van der Waals surface area contributed by atoms with E-state index in [9.17, 15) is 14.9 Å². The Kier molecular flexibility index (Phi) is 5.83. The predicted octanol–water partition coefficient (Wildman–Crippen LogP) is 0.781. The smallest absolute Gasteiger partial charge is 0.358 e. The molecule has 1 N–H and O–H groups in total. The Hall–Kier alpha value is -2.52. The lowest BCUT2D eigenvalue weighted by Crippen LogP contribution is -2.49. The highest BCUT2D eigenvalue weighted by atomic mass is 35.5. The molecule has 0 radical (unpaired) electrons. The maximum atomic E-state index is 12.6. The fraction of sp³-hybridized carbons (Fsp3) is 0.357. The molecule has 1 atom stereocenters. The molecule has 1 aliphatic heterocycles. The van der Waals surface area contributed by atoms with Gasteiger partial charge in [-0.2, -0.15) is 4.68 Å². The molecule has 24 heavy (non-hydrogen) atoms. The van der Waals surface area contributed by atoms with Gasteiger partial charge in [-0.3, -0.25) is 9.78 Å². The third-order valence-electron chi connectivity index (χ3n) is 3.74. The van der Waals surface area contributed by atoms with E-state index in [4.69, 9.17) is 0 Å². The number of pyridine rings is 1. The second-order valence-electron chi connectivity index (χ2n) is 5.22. The maximum absolute atomic E-state index is 12.6. The van der Waals surface area contributed by atoms with Gasteiger partial charge in [0.25, 0.3) is 0 Å². The van der Waals surface area contributed by atoms with E-state index in [1.165, 1.54) is 16.9 Å². The van der Waals surface area contributed by atoms with Crippen molar-refractivity contribution in [3.8, 4) is 0 Å². The van der Waals surface area contributed by atoms with Crippen molar-refractivity contribution in [2.45, 2.75) is 12.6 Å². The lowest BCUT2D eigenvalue weighted by atomic mass is 10.1. The molecule has 0 saturated carbocycles. The van der Waals surface area contributed by atoms with E-state index in [-0.39, 0.29) is 36.7 Å². The van der Waals surface area contributed by atoms with Crippen LogP contribution in [0.1, 0.15) is 11.6 Å². The summed E-state index contributed by atoms with van der Waals surface area (Å²) in [5.41, 5.74) is 0.958. The van der Waals surface area contributed by atoms with Crippen LogP contribution in [0, 0.1) is 10.1 Å². The fourth-order valence-corrected chi connectivity index (χ4v) is 2.64. The molecule has 2 aromatic rings. The molecule has 0 aliphatic carbocycles. The summed E-state index contributed by atoms with van der Waals surface area (Å²) in [7, 11) is 0. The summed E-state index contributed by atoms with van der Waals surface area (Å²) < 4.78 is 1.29. The van der Waals surface area contributed by atoms with E-state index in [2.05, 4.69) is 15.4 Å². The van der Waals surface area contributed by atoms with Gasteiger partial charge in [0.05, 0.1) is 23.4 Å². The van der Waals surface area contributed by atoms with E-state index in [1.807, 2.05) is 12.1 Å². The van der Waals surface area contributed by atoms with Crippen molar-refractivity contribution in [3.63, 3.8) is 0 Å². The van der Waals surface area contributed by atoms with Crippen LogP contribution in [-0.2, 0) is 11.3 Å². The molecule has 0 spiro atoms. The molecule has 1 unspecified atom stereocenters. The Morgan fingerprint density at radius 2 is 2.29 bits per heavy atom. The molecule has 10 heteroatoms. The zero-order valence-corrected chi connectivity index (χ0v) is 13.6. The van der Waals surface area contributed by atoms with Crippen LogP contribution < -0.4 is 5.32 Å². The first-order chi connectivity index (χ1) is 11.1. The van der Waals surface area contributed by atoms with Gasteiger partial charge in [0.15, 0.2) is 0 Å². The number of hydrogen-bond acceptors (Lipinski definition) is 6. The minimum atomic E-state index is -0.579. The van der Waals surface area contributed by atoms with Crippen LogP contribution in [-0.4, -0.2) is 50.1 Å². The van der Waals surface area contributed by atoms with Crippen molar-refractivity contribution in [2.24, 2.45) is 0 Å². The van der Waals surface area contributed by atoms with Gasteiger partial charge in [0.2, 0.25) is 5.91 Å². The summed E-state index contributed by atoms with van der Waals surface area (Å²) in [5.74, 6) is -0.389. The first kappa shape index (κ1) is 17.8. The number of hydrogen-bond donors (Lipinski definition) is 1. The monoisotopic (exact) mass is 352 g/mol. The molecular formula is C14H17ClN6O3. The van der Waals surface area contributed by atoms with Gasteiger partial charge in [-0.25, -0.2) is 0 Å². The minimum absolute atomic E-state index is 0. The zero-order chi connectivity index (χ0) is 16.2. The topological polar surface area (TPSA) is 106 Å². The maximum Gasteiger partial charge on any atom is 0.389 e. The Morgan fingerprint density at radius 1 is 1.46 bits per heavy atom. The van der Waals surface area contributed by atoms with E-state index >= 15 is 0 Å². The Labute approximate surface area is 144 Å². The lowest BCUT2D eigenvalue weighted by molar-refractivity contribution is -0.389. The number of nitrogens with zero attached hydrogens (tertiary/aromatic N) is 5. The molecule has 9 nitrogen and oxygen atoms in total. The molecule has 1 aliphatic rings. The molecule has 1 fully saturated rings. The fourth-order valence-electron chi connectivity index (χ4n) is 2.64. The normalized spacial score (nSPS) is 17.2. The number of nitro groups is 1. The highest BCUT2D eigenvalue weighted by molar-refractivity contribution is 5.85. The second kappa shape index (κ2) is 7.84. The highest BCUT2D eigenvalue weighted by Crippen LogP contribution is 2.21.